The number of hydrogen-bond donors (Lipinski definition) is 0. The van der Waals surface area contributed by atoms with Gasteiger partial charge in [0, 0.05) is 0 Å². The molecule has 0 N–H and O–H groups in total. The summed E-state index contributed by atoms with van der Waals surface area (Å²) in [5.41, 5.74) is 0. The van der Waals surface area contributed by atoms with Crippen LogP contribution in [-0.2, 0) is 0 Å². The summed E-state index contributed by atoms with van der Waals surface area (Å²) >= 11 is 0.623. The van der Waals surface area contributed by atoms with E-state index in [4.69, 9.17) is 0 Å². The van der Waals surface area contributed by atoms with Crippen LogP contribution in [0.15, 0.2) is 12.7 Å². The summed E-state index contributed by atoms with van der Waals surface area (Å²) in [5.74, 6) is 0. The SMILES string of the molecule is C=C[C](I)[Sn]([CH2]CCC)([CH2]CCC)[CH2]CCC. The van der Waals surface area contributed by atoms with Gasteiger partial charge in [0.05, 0.1) is 0 Å². The Morgan fingerprint density at radius 1 is 0.941 bits per heavy atom. The van der Waals surface area contributed by atoms with Crippen LogP contribution in [0.2, 0.25) is 13.3 Å². The Morgan fingerprint density at radius 2 is 1.29 bits per heavy atom. The minimum atomic E-state index is -2.01. The molecule has 0 heterocycles. The van der Waals surface area contributed by atoms with Gasteiger partial charge in [-0.05, 0) is 0 Å². The Kier molecular flexibility index (Phi) is 12.0. The molecular weight excluding hydrogens is 426 g/mol. The van der Waals surface area contributed by atoms with E-state index in [0.717, 1.165) is 0 Å². The first kappa shape index (κ1) is 18.3. The number of hydrogen-bond acceptors (Lipinski definition) is 0. The van der Waals surface area contributed by atoms with Gasteiger partial charge in [0.1, 0.15) is 0 Å². The number of halogens is 1. The van der Waals surface area contributed by atoms with Gasteiger partial charge in [0.15, 0.2) is 0 Å². The first-order valence-corrected chi connectivity index (χ1v) is 15.9. The van der Waals surface area contributed by atoms with Gasteiger partial charge in [-0.1, -0.05) is 0 Å². The Labute approximate surface area is 127 Å². The van der Waals surface area contributed by atoms with Crippen LogP contribution in [0.5, 0.6) is 0 Å². The Balaban J connectivity index is 4.69. The molecule has 0 saturated heterocycles. The third-order valence-electron chi connectivity index (χ3n) is 3.71. The van der Waals surface area contributed by atoms with Crippen molar-refractivity contribution in [2.45, 2.75) is 72.6 Å². The van der Waals surface area contributed by atoms with Crippen molar-refractivity contribution in [3.63, 3.8) is 0 Å². The molecule has 0 saturated carbocycles. The van der Waals surface area contributed by atoms with E-state index < -0.39 is 18.4 Å². The van der Waals surface area contributed by atoms with Crippen molar-refractivity contribution in [1.82, 2.24) is 0 Å². The summed E-state index contributed by atoms with van der Waals surface area (Å²) in [6.07, 6.45) is 10.6. The van der Waals surface area contributed by atoms with Crippen molar-refractivity contribution in [3.8, 4) is 0 Å². The third-order valence-corrected chi connectivity index (χ3v) is 26.5. The zero-order chi connectivity index (χ0) is 13.1. The van der Waals surface area contributed by atoms with Crippen LogP contribution in [0, 0.1) is 1.94 Å². The molecule has 0 amide bonds. The average molecular weight is 456 g/mol. The fourth-order valence-electron chi connectivity index (χ4n) is 2.50. The predicted octanol–water partition coefficient (Wildman–Crippen LogP) is 6.53. The maximum absolute atomic E-state index is 4.06. The Hall–Kier alpha value is 1.27. The van der Waals surface area contributed by atoms with E-state index >= 15 is 0 Å². The van der Waals surface area contributed by atoms with Crippen LogP contribution < -0.4 is 0 Å². The molecular formula is C15H30ISn. The standard InChI is InChI=1S/3C4H9.C3H3I.Sn/c3*1-3-4-2;1-2-3-4;/h3*1,3-4H2,2H3;2H,1H2;. The molecule has 0 aliphatic heterocycles. The summed E-state index contributed by atoms with van der Waals surface area (Å²) in [6, 6.07) is 0. The molecule has 2 heteroatoms. The molecule has 0 bridgehead atoms. The third kappa shape index (κ3) is 6.84. The molecule has 17 heavy (non-hydrogen) atoms. The van der Waals surface area contributed by atoms with Crippen molar-refractivity contribution >= 4 is 41.0 Å². The van der Waals surface area contributed by atoms with E-state index in [-0.39, 0.29) is 0 Å². The molecule has 0 spiro atoms. The molecule has 0 unspecified atom stereocenters. The molecule has 0 nitrogen and oxygen atoms in total. The molecule has 101 valence electrons. The molecule has 1 radical (unpaired) electrons. The predicted molar refractivity (Wildman–Crippen MR) is 92.4 cm³/mol. The van der Waals surface area contributed by atoms with E-state index in [0.29, 0.717) is 0 Å². The van der Waals surface area contributed by atoms with Crippen LogP contribution in [0.3, 0.4) is 0 Å². The molecule has 0 aliphatic rings. The maximum atomic E-state index is 4.06. The van der Waals surface area contributed by atoms with Gasteiger partial charge in [0.2, 0.25) is 0 Å². The van der Waals surface area contributed by atoms with E-state index in [1.807, 2.05) is 0 Å². The number of unbranched alkanes of at least 4 members (excludes halogenated alkanes) is 3. The molecule has 0 aromatic carbocycles. The Morgan fingerprint density at radius 3 is 1.53 bits per heavy atom. The van der Waals surface area contributed by atoms with Gasteiger partial charge in [-0.15, -0.1) is 0 Å². The van der Waals surface area contributed by atoms with E-state index in [2.05, 4.69) is 56.0 Å². The molecule has 0 fully saturated rings. The number of allylic oxidation sites excluding steroid dienone is 1. The number of rotatable bonds is 11. The van der Waals surface area contributed by atoms with Gasteiger partial charge in [-0.25, -0.2) is 0 Å². The first-order chi connectivity index (χ1) is 8.16. The summed E-state index contributed by atoms with van der Waals surface area (Å²) in [5, 5.41) is 0. The monoisotopic (exact) mass is 457 g/mol. The van der Waals surface area contributed by atoms with Gasteiger partial charge in [0.25, 0.3) is 0 Å². The van der Waals surface area contributed by atoms with Crippen LogP contribution in [-0.4, -0.2) is 18.4 Å². The zero-order valence-electron chi connectivity index (χ0n) is 12.0. The topological polar surface area (TPSA) is 0 Å². The van der Waals surface area contributed by atoms with Crippen molar-refractivity contribution < 1.29 is 0 Å². The normalized spacial score (nSPS) is 12.1. The zero-order valence-corrected chi connectivity index (χ0v) is 17.0. The van der Waals surface area contributed by atoms with Crippen molar-refractivity contribution in [1.29, 1.82) is 0 Å². The van der Waals surface area contributed by atoms with E-state index in [1.165, 1.54) is 38.5 Å². The van der Waals surface area contributed by atoms with Crippen LogP contribution in [0.4, 0.5) is 0 Å². The van der Waals surface area contributed by atoms with Crippen LogP contribution >= 0.6 is 22.6 Å². The van der Waals surface area contributed by atoms with E-state index in [9.17, 15) is 0 Å². The summed E-state index contributed by atoms with van der Waals surface area (Å²) in [7, 11) is 0. The fraction of sp³-hybridized carbons (Fsp3) is 0.800. The molecule has 0 aromatic heterocycles. The van der Waals surface area contributed by atoms with Crippen LogP contribution in [0.1, 0.15) is 59.3 Å². The van der Waals surface area contributed by atoms with Crippen LogP contribution in [0.25, 0.3) is 0 Å². The van der Waals surface area contributed by atoms with E-state index in [1.54, 1.807) is 15.3 Å². The van der Waals surface area contributed by atoms with Crippen molar-refractivity contribution in [2.24, 2.45) is 0 Å². The molecule has 0 aliphatic carbocycles. The fourth-order valence-corrected chi connectivity index (χ4v) is 22.2. The van der Waals surface area contributed by atoms with Gasteiger partial charge in [-0.3, -0.25) is 0 Å². The summed E-state index contributed by atoms with van der Waals surface area (Å²) in [6.45, 7) is 11.0. The Bertz CT molecular complexity index is 170. The second-order valence-electron chi connectivity index (χ2n) is 5.14. The molecule has 0 atom stereocenters. The second kappa shape index (κ2) is 11.1. The second-order valence-corrected chi connectivity index (χ2v) is 22.3. The van der Waals surface area contributed by atoms with Crippen molar-refractivity contribution in [2.75, 3.05) is 0 Å². The molecule has 0 aromatic rings. The average Bonchev–Trinajstić information content (AvgIpc) is 2.37. The molecule has 0 rings (SSSR count). The van der Waals surface area contributed by atoms with Crippen molar-refractivity contribution in [3.05, 3.63) is 14.6 Å². The van der Waals surface area contributed by atoms with Gasteiger partial charge >= 0.3 is 128 Å². The van der Waals surface area contributed by atoms with Gasteiger partial charge < -0.3 is 0 Å². The minimum absolute atomic E-state index is 1.36. The summed E-state index contributed by atoms with van der Waals surface area (Å²) < 4.78 is 6.41. The summed E-state index contributed by atoms with van der Waals surface area (Å²) in [4.78, 5) is 0. The van der Waals surface area contributed by atoms with Gasteiger partial charge in [-0.2, -0.15) is 0 Å². The first-order valence-electron chi connectivity index (χ1n) is 7.32. The quantitative estimate of drug-likeness (QED) is 0.245.